The second-order valence-electron chi connectivity index (χ2n) is 8.28. The van der Waals surface area contributed by atoms with Gasteiger partial charge in [0.25, 0.3) is 11.8 Å². The van der Waals surface area contributed by atoms with E-state index in [9.17, 15) is 9.59 Å². The van der Waals surface area contributed by atoms with E-state index in [1.807, 2.05) is 6.92 Å². The molecule has 0 aromatic heterocycles. The van der Waals surface area contributed by atoms with Gasteiger partial charge in [-0.1, -0.05) is 13.8 Å². The third kappa shape index (κ3) is 2.98. The molecule has 0 saturated carbocycles. The lowest BCUT2D eigenvalue weighted by atomic mass is 9.79. The van der Waals surface area contributed by atoms with E-state index < -0.39 is 0 Å². The smallest absolute Gasteiger partial charge is 0.257 e. The van der Waals surface area contributed by atoms with Crippen LogP contribution in [0.3, 0.4) is 0 Å². The molecule has 0 aromatic carbocycles. The van der Waals surface area contributed by atoms with Crippen molar-refractivity contribution in [3.8, 4) is 0 Å². The topological polar surface area (TPSA) is 49.4 Å². The molecular weight excluding hydrogens is 276 g/mol. The Morgan fingerprint density at radius 1 is 1.14 bits per heavy atom. The maximum atomic E-state index is 12.9. The number of hydrogen-bond donors (Lipinski definition) is 1. The molecule has 1 saturated heterocycles. The second-order valence-corrected chi connectivity index (χ2v) is 8.28. The molecule has 22 heavy (non-hydrogen) atoms. The van der Waals surface area contributed by atoms with Gasteiger partial charge in [-0.25, -0.2) is 0 Å². The summed E-state index contributed by atoms with van der Waals surface area (Å²) >= 11 is 0. The highest BCUT2D eigenvalue weighted by molar-refractivity contribution is 6.19. The van der Waals surface area contributed by atoms with Crippen molar-refractivity contribution in [1.29, 1.82) is 0 Å². The Kier molecular flexibility index (Phi) is 4.29. The molecule has 2 aliphatic rings. The van der Waals surface area contributed by atoms with Crippen molar-refractivity contribution < 1.29 is 9.59 Å². The number of piperidine rings is 1. The number of amides is 2. The van der Waals surface area contributed by atoms with Crippen LogP contribution in [-0.2, 0) is 9.59 Å². The first-order valence-corrected chi connectivity index (χ1v) is 8.37. The van der Waals surface area contributed by atoms with Gasteiger partial charge in [-0.05, 0) is 59.8 Å². The highest BCUT2D eigenvalue weighted by Crippen LogP contribution is 2.37. The SMILES string of the molecule is CCC(C)C1=C(C)C(=O)N(C2CC(C)(C)NC(C)(C)C2)C1=O. The number of imide groups is 1. The Hall–Kier alpha value is -1.16. The average molecular weight is 306 g/mol. The molecule has 4 heteroatoms. The van der Waals surface area contributed by atoms with Crippen LogP contribution in [0, 0.1) is 5.92 Å². The Balaban J connectivity index is 2.31. The summed E-state index contributed by atoms with van der Waals surface area (Å²) in [4.78, 5) is 27.1. The summed E-state index contributed by atoms with van der Waals surface area (Å²) in [6, 6.07) is -0.0252. The predicted molar refractivity (Wildman–Crippen MR) is 88.3 cm³/mol. The van der Waals surface area contributed by atoms with Crippen LogP contribution in [0.25, 0.3) is 0 Å². The molecule has 1 atom stereocenters. The first kappa shape index (κ1) is 17.2. The van der Waals surface area contributed by atoms with E-state index in [-0.39, 0.29) is 34.9 Å². The van der Waals surface area contributed by atoms with Gasteiger partial charge in [0.2, 0.25) is 0 Å². The van der Waals surface area contributed by atoms with Crippen LogP contribution in [0.15, 0.2) is 11.1 Å². The fourth-order valence-electron chi connectivity index (χ4n) is 4.25. The number of hydrogen-bond acceptors (Lipinski definition) is 3. The quantitative estimate of drug-likeness (QED) is 0.815. The molecule has 0 aromatic rings. The van der Waals surface area contributed by atoms with Gasteiger partial charge in [-0.2, -0.15) is 0 Å². The van der Waals surface area contributed by atoms with Crippen molar-refractivity contribution in [1.82, 2.24) is 10.2 Å². The molecule has 1 fully saturated rings. The first-order chi connectivity index (χ1) is 9.99. The van der Waals surface area contributed by atoms with Crippen LogP contribution in [-0.4, -0.2) is 33.8 Å². The fourth-order valence-corrected chi connectivity index (χ4v) is 4.25. The number of carbonyl (C=O) groups excluding carboxylic acids is 2. The predicted octanol–water partition coefficient (Wildman–Crippen LogP) is 3.03. The number of rotatable bonds is 3. The molecule has 2 rings (SSSR count). The Bertz CT molecular complexity index is 515. The van der Waals surface area contributed by atoms with Gasteiger partial charge in [0, 0.05) is 28.3 Å². The molecule has 0 spiro atoms. The van der Waals surface area contributed by atoms with Crippen LogP contribution in [0.4, 0.5) is 0 Å². The Morgan fingerprint density at radius 2 is 1.64 bits per heavy atom. The molecule has 4 nitrogen and oxygen atoms in total. The van der Waals surface area contributed by atoms with Crippen LogP contribution in [0.2, 0.25) is 0 Å². The molecular formula is C18H30N2O2. The van der Waals surface area contributed by atoms with Crippen molar-refractivity contribution in [3.05, 3.63) is 11.1 Å². The monoisotopic (exact) mass is 306 g/mol. The maximum absolute atomic E-state index is 12.9. The van der Waals surface area contributed by atoms with E-state index in [1.165, 1.54) is 0 Å². The first-order valence-electron chi connectivity index (χ1n) is 8.37. The van der Waals surface area contributed by atoms with Crippen LogP contribution >= 0.6 is 0 Å². The van der Waals surface area contributed by atoms with Gasteiger partial charge in [0.05, 0.1) is 0 Å². The van der Waals surface area contributed by atoms with E-state index in [0.29, 0.717) is 5.57 Å². The normalized spacial score (nSPS) is 26.8. The summed E-state index contributed by atoms with van der Waals surface area (Å²) in [5, 5.41) is 3.61. The van der Waals surface area contributed by atoms with Crippen molar-refractivity contribution in [3.63, 3.8) is 0 Å². The molecule has 2 heterocycles. The van der Waals surface area contributed by atoms with Crippen molar-refractivity contribution in [2.75, 3.05) is 0 Å². The average Bonchev–Trinajstić information content (AvgIpc) is 2.56. The van der Waals surface area contributed by atoms with E-state index in [4.69, 9.17) is 0 Å². The highest BCUT2D eigenvalue weighted by atomic mass is 16.2. The number of carbonyl (C=O) groups is 2. The Morgan fingerprint density at radius 3 is 2.09 bits per heavy atom. The summed E-state index contributed by atoms with van der Waals surface area (Å²) in [7, 11) is 0. The molecule has 0 radical (unpaired) electrons. The summed E-state index contributed by atoms with van der Waals surface area (Å²) in [5.74, 6) is -0.00154. The van der Waals surface area contributed by atoms with Gasteiger partial charge >= 0.3 is 0 Å². The zero-order valence-electron chi connectivity index (χ0n) is 15.0. The Labute approximate surface area is 134 Å². The second kappa shape index (κ2) is 5.48. The van der Waals surface area contributed by atoms with Crippen LogP contribution in [0.1, 0.15) is 67.7 Å². The van der Waals surface area contributed by atoms with Crippen LogP contribution < -0.4 is 5.32 Å². The van der Waals surface area contributed by atoms with Gasteiger partial charge in [0.1, 0.15) is 0 Å². The third-order valence-electron chi connectivity index (χ3n) is 5.03. The van der Waals surface area contributed by atoms with Crippen molar-refractivity contribution in [2.45, 2.75) is 84.8 Å². The number of nitrogens with one attached hydrogen (secondary N) is 1. The minimum atomic E-state index is -0.0844. The number of nitrogens with zero attached hydrogens (tertiary/aromatic N) is 1. The van der Waals surface area contributed by atoms with Gasteiger partial charge < -0.3 is 5.32 Å². The zero-order chi connectivity index (χ0) is 16.9. The molecule has 0 bridgehead atoms. The zero-order valence-corrected chi connectivity index (χ0v) is 15.0. The van der Waals surface area contributed by atoms with Gasteiger partial charge in [-0.15, -0.1) is 0 Å². The molecule has 124 valence electrons. The standard InChI is InChI=1S/C18H30N2O2/c1-8-11(2)14-12(3)15(21)20(16(14)22)13-9-17(4,5)19-18(6,7)10-13/h11,13,19H,8-10H2,1-7H3. The van der Waals surface area contributed by atoms with Gasteiger partial charge in [-0.3, -0.25) is 14.5 Å². The lowest BCUT2D eigenvalue weighted by Crippen LogP contribution is -2.63. The van der Waals surface area contributed by atoms with Crippen molar-refractivity contribution in [2.24, 2.45) is 5.92 Å². The molecule has 2 amide bonds. The van der Waals surface area contributed by atoms with Gasteiger partial charge in [0.15, 0.2) is 0 Å². The minimum absolute atomic E-state index is 0.0252. The largest absolute Gasteiger partial charge is 0.307 e. The maximum Gasteiger partial charge on any atom is 0.257 e. The summed E-state index contributed by atoms with van der Waals surface area (Å²) in [6.07, 6.45) is 2.48. The lowest BCUT2D eigenvalue weighted by molar-refractivity contribution is -0.142. The summed E-state index contributed by atoms with van der Waals surface area (Å²) in [5.41, 5.74) is 1.20. The molecule has 2 aliphatic heterocycles. The van der Waals surface area contributed by atoms with E-state index in [1.54, 1.807) is 11.8 Å². The van der Waals surface area contributed by atoms with E-state index in [2.05, 4.69) is 39.9 Å². The minimum Gasteiger partial charge on any atom is -0.307 e. The highest BCUT2D eigenvalue weighted by Gasteiger charge is 2.47. The van der Waals surface area contributed by atoms with E-state index >= 15 is 0 Å². The van der Waals surface area contributed by atoms with Crippen LogP contribution in [0.5, 0.6) is 0 Å². The molecule has 0 aliphatic carbocycles. The van der Waals surface area contributed by atoms with E-state index in [0.717, 1.165) is 24.8 Å². The van der Waals surface area contributed by atoms with Crippen molar-refractivity contribution >= 4 is 11.8 Å². The molecule has 1 N–H and O–H groups in total. The summed E-state index contributed by atoms with van der Waals surface area (Å²) in [6.45, 7) is 14.5. The fraction of sp³-hybridized carbons (Fsp3) is 0.778. The lowest BCUT2D eigenvalue weighted by Gasteiger charge is -2.48. The third-order valence-corrected chi connectivity index (χ3v) is 5.03. The molecule has 1 unspecified atom stereocenters. The summed E-state index contributed by atoms with van der Waals surface area (Å²) < 4.78 is 0.